The van der Waals surface area contributed by atoms with Gasteiger partial charge >= 0.3 is 0 Å². The van der Waals surface area contributed by atoms with Gasteiger partial charge in [-0.05, 0) is 17.7 Å². The van der Waals surface area contributed by atoms with Crippen molar-refractivity contribution in [1.82, 2.24) is 0 Å². The highest BCUT2D eigenvalue weighted by Crippen LogP contribution is 2.32. The zero-order valence-corrected chi connectivity index (χ0v) is 7.67. The second kappa shape index (κ2) is 3.33. The first-order chi connectivity index (χ1) is 5.90. The quantitative estimate of drug-likeness (QED) is 0.654. The molecule has 12 heavy (non-hydrogen) atoms. The molecule has 0 aromatic heterocycles. The van der Waals surface area contributed by atoms with Crippen LogP contribution in [0.2, 0.25) is 0 Å². The molecule has 0 saturated carbocycles. The molecule has 1 aromatic carbocycles. The first kappa shape index (κ1) is 7.90. The lowest BCUT2D eigenvalue weighted by molar-refractivity contribution is 0.208. The molecule has 1 aromatic rings. The van der Waals surface area contributed by atoms with E-state index in [-0.39, 0.29) is 5.44 Å². The van der Waals surface area contributed by atoms with Gasteiger partial charge in [-0.3, -0.25) is 0 Å². The lowest BCUT2D eigenvalue weighted by Gasteiger charge is -2.16. The Hall–Kier alpha value is -0.730. The van der Waals surface area contributed by atoms with Crippen molar-refractivity contribution >= 4 is 17.8 Å². The SMILES string of the molecule is CO[C@H]1C=Cc2ccccc2S1. The highest BCUT2D eigenvalue weighted by molar-refractivity contribution is 8.00. The predicted molar refractivity (Wildman–Crippen MR) is 52.1 cm³/mol. The summed E-state index contributed by atoms with van der Waals surface area (Å²) in [5.41, 5.74) is 1.47. The molecule has 1 heterocycles. The van der Waals surface area contributed by atoms with Crippen LogP contribution in [0, 0.1) is 0 Å². The third-order valence-electron chi connectivity index (χ3n) is 1.83. The van der Waals surface area contributed by atoms with Crippen LogP contribution in [-0.4, -0.2) is 12.5 Å². The van der Waals surface area contributed by atoms with Crippen LogP contribution < -0.4 is 0 Å². The molecular weight excluding hydrogens is 168 g/mol. The number of methoxy groups -OCH3 is 1. The van der Waals surface area contributed by atoms with Crippen molar-refractivity contribution in [2.75, 3.05) is 7.11 Å². The van der Waals surface area contributed by atoms with E-state index in [1.54, 1.807) is 18.9 Å². The van der Waals surface area contributed by atoms with Crippen LogP contribution >= 0.6 is 11.8 Å². The Kier molecular flexibility index (Phi) is 2.19. The van der Waals surface area contributed by atoms with Crippen molar-refractivity contribution in [1.29, 1.82) is 0 Å². The van der Waals surface area contributed by atoms with E-state index >= 15 is 0 Å². The molecule has 0 bridgehead atoms. The van der Waals surface area contributed by atoms with Crippen LogP contribution in [0.15, 0.2) is 35.2 Å². The van der Waals surface area contributed by atoms with Crippen LogP contribution in [0.5, 0.6) is 0 Å². The zero-order chi connectivity index (χ0) is 8.39. The Labute approximate surface area is 76.4 Å². The van der Waals surface area contributed by atoms with Gasteiger partial charge in [0.25, 0.3) is 0 Å². The van der Waals surface area contributed by atoms with E-state index in [1.807, 2.05) is 0 Å². The number of thioether (sulfide) groups is 1. The van der Waals surface area contributed by atoms with Crippen molar-refractivity contribution in [2.24, 2.45) is 0 Å². The number of benzene rings is 1. The Morgan fingerprint density at radius 2 is 2.17 bits per heavy atom. The van der Waals surface area contributed by atoms with Crippen LogP contribution in [0.25, 0.3) is 6.08 Å². The van der Waals surface area contributed by atoms with Gasteiger partial charge in [0, 0.05) is 12.0 Å². The molecule has 0 spiro atoms. The Balaban J connectivity index is 2.33. The average Bonchev–Trinajstić information content (AvgIpc) is 2.17. The summed E-state index contributed by atoms with van der Waals surface area (Å²) < 4.78 is 5.22. The highest BCUT2D eigenvalue weighted by atomic mass is 32.2. The molecule has 0 aliphatic carbocycles. The summed E-state index contributed by atoms with van der Waals surface area (Å²) in [5.74, 6) is 0. The van der Waals surface area contributed by atoms with Crippen molar-refractivity contribution in [3.63, 3.8) is 0 Å². The molecule has 0 saturated heterocycles. The van der Waals surface area contributed by atoms with E-state index in [1.165, 1.54) is 10.5 Å². The van der Waals surface area contributed by atoms with Crippen molar-refractivity contribution < 1.29 is 4.74 Å². The van der Waals surface area contributed by atoms with Crippen molar-refractivity contribution in [2.45, 2.75) is 10.3 Å². The van der Waals surface area contributed by atoms with E-state index < -0.39 is 0 Å². The molecule has 1 aliphatic heterocycles. The normalized spacial score (nSPS) is 20.6. The van der Waals surface area contributed by atoms with E-state index in [2.05, 4.69) is 36.4 Å². The third kappa shape index (κ3) is 1.40. The predicted octanol–water partition coefficient (Wildman–Crippen LogP) is 2.78. The molecule has 2 heteroatoms. The van der Waals surface area contributed by atoms with Crippen molar-refractivity contribution in [3.05, 3.63) is 35.9 Å². The fourth-order valence-corrected chi connectivity index (χ4v) is 2.13. The summed E-state index contributed by atoms with van der Waals surface area (Å²) in [4.78, 5) is 1.30. The maximum atomic E-state index is 5.22. The minimum absolute atomic E-state index is 0.180. The monoisotopic (exact) mass is 178 g/mol. The summed E-state index contributed by atoms with van der Waals surface area (Å²) in [6.07, 6.45) is 4.19. The number of hydrogen-bond donors (Lipinski definition) is 0. The molecule has 0 amide bonds. The standard InChI is InChI=1S/C10H10OS/c1-11-10-7-6-8-4-2-3-5-9(8)12-10/h2-7,10H,1H3/t10-/m1/s1. The Morgan fingerprint density at radius 3 is 3.00 bits per heavy atom. The molecule has 1 aliphatic rings. The first-order valence-corrected chi connectivity index (χ1v) is 4.75. The summed E-state index contributed by atoms with van der Waals surface area (Å²) in [6.45, 7) is 0. The largest absolute Gasteiger partial charge is 0.366 e. The van der Waals surface area contributed by atoms with Gasteiger partial charge in [0.2, 0.25) is 0 Å². The second-order valence-corrected chi connectivity index (χ2v) is 3.76. The second-order valence-electron chi connectivity index (χ2n) is 2.62. The summed E-state index contributed by atoms with van der Waals surface area (Å²) in [5, 5.41) is 0. The molecule has 0 radical (unpaired) electrons. The molecule has 0 fully saturated rings. The van der Waals surface area contributed by atoms with Crippen LogP contribution in [-0.2, 0) is 4.74 Å². The zero-order valence-electron chi connectivity index (χ0n) is 6.86. The lowest BCUT2D eigenvalue weighted by Crippen LogP contribution is -2.04. The molecule has 0 N–H and O–H groups in total. The number of ether oxygens (including phenoxy) is 1. The van der Waals surface area contributed by atoms with Gasteiger partial charge in [-0.1, -0.05) is 36.0 Å². The van der Waals surface area contributed by atoms with Gasteiger partial charge < -0.3 is 4.74 Å². The van der Waals surface area contributed by atoms with Gasteiger partial charge in [-0.15, -0.1) is 0 Å². The van der Waals surface area contributed by atoms with E-state index in [0.717, 1.165) is 0 Å². The minimum Gasteiger partial charge on any atom is -0.366 e. The molecule has 1 nitrogen and oxygen atoms in total. The summed E-state index contributed by atoms with van der Waals surface area (Å²) in [6, 6.07) is 8.34. The van der Waals surface area contributed by atoms with Gasteiger partial charge in [0.15, 0.2) is 0 Å². The van der Waals surface area contributed by atoms with Crippen LogP contribution in [0.4, 0.5) is 0 Å². The molecule has 2 rings (SSSR count). The Morgan fingerprint density at radius 1 is 1.33 bits per heavy atom. The van der Waals surface area contributed by atoms with Crippen molar-refractivity contribution in [3.8, 4) is 0 Å². The average molecular weight is 178 g/mol. The molecule has 0 unspecified atom stereocenters. The highest BCUT2D eigenvalue weighted by Gasteiger charge is 2.11. The van der Waals surface area contributed by atoms with Gasteiger partial charge in [-0.25, -0.2) is 0 Å². The molecular formula is C10H10OS. The van der Waals surface area contributed by atoms with E-state index in [4.69, 9.17) is 4.74 Å². The fraction of sp³-hybridized carbons (Fsp3) is 0.200. The molecule has 62 valence electrons. The fourth-order valence-electron chi connectivity index (χ4n) is 1.20. The number of hydrogen-bond acceptors (Lipinski definition) is 2. The van der Waals surface area contributed by atoms with E-state index in [9.17, 15) is 0 Å². The van der Waals surface area contributed by atoms with Gasteiger partial charge in [0.1, 0.15) is 5.44 Å². The summed E-state index contributed by atoms with van der Waals surface area (Å²) in [7, 11) is 1.73. The topological polar surface area (TPSA) is 9.23 Å². The Bertz CT molecular complexity index is 306. The van der Waals surface area contributed by atoms with Gasteiger partial charge in [0.05, 0.1) is 0 Å². The van der Waals surface area contributed by atoms with Crippen LogP contribution in [0.1, 0.15) is 5.56 Å². The van der Waals surface area contributed by atoms with E-state index in [0.29, 0.717) is 0 Å². The lowest BCUT2D eigenvalue weighted by atomic mass is 10.2. The number of rotatable bonds is 1. The van der Waals surface area contributed by atoms with Crippen LogP contribution in [0.3, 0.4) is 0 Å². The van der Waals surface area contributed by atoms with Gasteiger partial charge in [-0.2, -0.15) is 0 Å². The molecule has 1 atom stereocenters. The maximum Gasteiger partial charge on any atom is 0.125 e. The smallest absolute Gasteiger partial charge is 0.125 e. The first-order valence-electron chi connectivity index (χ1n) is 3.87. The maximum absolute atomic E-state index is 5.22. The summed E-state index contributed by atoms with van der Waals surface area (Å²) >= 11 is 1.75. The minimum atomic E-state index is 0.180. The number of fused-ring (bicyclic) bond motifs is 1. The third-order valence-corrected chi connectivity index (χ3v) is 3.03.